The number of methoxy groups -OCH3 is 1. The van der Waals surface area contributed by atoms with Crippen molar-refractivity contribution in [3.05, 3.63) is 94.0 Å². The van der Waals surface area contributed by atoms with Gasteiger partial charge in [0.15, 0.2) is 11.0 Å². The third kappa shape index (κ3) is 5.85. The molecule has 1 fully saturated rings. The fraction of sp³-hybridized carbons (Fsp3) is 0.276. The van der Waals surface area contributed by atoms with Gasteiger partial charge >= 0.3 is 0 Å². The van der Waals surface area contributed by atoms with Gasteiger partial charge < -0.3 is 14.5 Å². The minimum Gasteiger partial charge on any atom is -0.495 e. The second-order valence-electron chi connectivity index (χ2n) is 9.33. The Hall–Kier alpha value is -4.22. The van der Waals surface area contributed by atoms with Crippen molar-refractivity contribution < 1.29 is 14.5 Å². The van der Waals surface area contributed by atoms with Gasteiger partial charge in [0.25, 0.3) is 11.6 Å². The highest BCUT2D eigenvalue weighted by molar-refractivity contribution is 7.98. The van der Waals surface area contributed by atoms with E-state index in [4.69, 9.17) is 4.74 Å². The van der Waals surface area contributed by atoms with E-state index in [-0.39, 0.29) is 11.6 Å². The first-order valence-electron chi connectivity index (χ1n) is 13.1. The van der Waals surface area contributed by atoms with Crippen LogP contribution < -0.4 is 4.74 Å². The van der Waals surface area contributed by atoms with E-state index in [1.807, 2.05) is 58.0 Å². The highest BCUT2D eigenvalue weighted by Crippen LogP contribution is 2.34. The second-order valence-corrected chi connectivity index (χ2v) is 10.3. The summed E-state index contributed by atoms with van der Waals surface area (Å²) in [7, 11) is 1.61. The largest absolute Gasteiger partial charge is 0.495 e. The van der Waals surface area contributed by atoms with Crippen LogP contribution in [0.2, 0.25) is 0 Å². The number of rotatable bonds is 9. The number of amides is 1. The third-order valence-electron chi connectivity index (χ3n) is 6.97. The van der Waals surface area contributed by atoms with Crippen LogP contribution in [-0.2, 0) is 5.75 Å². The number of benzene rings is 3. The van der Waals surface area contributed by atoms with Gasteiger partial charge in [0.2, 0.25) is 0 Å². The first kappa shape index (κ1) is 27.4. The first-order chi connectivity index (χ1) is 19.5. The number of para-hydroxylation sites is 2. The third-order valence-corrected chi connectivity index (χ3v) is 7.97. The summed E-state index contributed by atoms with van der Waals surface area (Å²) in [4.78, 5) is 28.0. The van der Waals surface area contributed by atoms with Gasteiger partial charge in [0.05, 0.1) is 17.7 Å². The fourth-order valence-corrected chi connectivity index (χ4v) is 5.56. The molecule has 0 aliphatic carbocycles. The Kier molecular flexibility index (Phi) is 8.42. The molecule has 11 heteroatoms. The van der Waals surface area contributed by atoms with Crippen molar-refractivity contribution in [1.29, 1.82) is 0 Å². The Bertz CT molecular complexity index is 1480. The van der Waals surface area contributed by atoms with Crippen LogP contribution in [0.3, 0.4) is 0 Å². The molecule has 1 aliphatic rings. The maximum atomic E-state index is 13.0. The Labute approximate surface area is 236 Å². The van der Waals surface area contributed by atoms with E-state index in [0.717, 1.165) is 44.0 Å². The molecule has 0 unspecified atom stereocenters. The zero-order valence-corrected chi connectivity index (χ0v) is 23.2. The summed E-state index contributed by atoms with van der Waals surface area (Å²) < 4.78 is 7.51. The van der Waals surface area contributed by atoms with E-state index < -0.39 is 4.92 Å². The van der Waals surface area contributed by atoms with Gasteiger partial charge in [-0.15, -0.1) is 10.2 Å². The zero-order chi connectivity index (χ0) is 28.1. The van der Waals surface area contributed by atoms with Crippen molar-refractivity contribution in [3.63, 3.8) is 0 Å². The van der Waals surface area contributed by atoms with Crippen molar-refractivity contribution in [2.24, 2.45) is 0 Å². The molecular weight excluding hydrogens is 528 g/mol. The Balaban J connectivity index is 1.36. The van der Waals surface area contributed by atoms with Crippen molar-refractivity contribution >= 4 is 23.4 Å². The lowest BCUT2D eigenvalue weighted by Gasteiger charge is -2.34. The highest BCUT2D eigenvalue weighted by Gasteiger charge is 2.22. The Morgan fingerprint density at radius 3 is 2.33 bits per heavy atom. The number of carbonyl (C=O) groups excluding carboxylic acids is 1. The number of thioether (sulfide) groups is 1. The lowest BCUT2D eigenvalue weighted by molar-refractivity contribution is -0.384. The average Bonchev–Trinajstić information content (AvgIpc) is 3.43. The second kappa shape index (κ2) is 12.3. The number of ether oxygens (including phenoxy) is 1. The summed E-state index contributed by atoms with van der Waals surface area (Å²) in [6.07, 6.45) is 0. The monoisotopic (exact) mass is 558 g/mol. The summed E-state index contributed by atoms with van der Waals surface area (Å²) in [5.41, 5.74) is 3.19. The number of nitro groups is 1. The fourth-order valence-electron chi connectivity index (χ4n) is 4.66. The van der Waals surface area contributed by atoms with Crippen LogP contribution in [0.1, 0.15) is 22.8 Å². The molecule has 0 spiro atoms. The van der Waals surface area contributed by atoms with E-state index >= 15 is 0 Å². The molecule has 5 rings (SSSR count). The number of piperazine rings is 1. The minimum atomic E-state index is -0.429. The van der Waals surface area contributed by atoms with Crippen LogP contribution >= 0.6 is 11.8 Å². The van der Waals surface area contributed by atoms with Crippen molar-refractivity contribution in [2.75, 3.05) is 39.8 Å². The number of likely N-dealkylation sites (N-methyl/N-ethyl adjacent to an activating group) is 1. The van der Waals surface area contributed by atoms with E-state index in [1.54, 1.807) is 19.2 Å². The summed E-state index contributed by atoms with van der Waals surface area (Å²) >= 11 is 1.51. The smallest absolute Gasteiger partial charge is 0.269 e. The molecule has 0 N–H and O–H groups in total. The summed E-state index contributed by atoms with van der Waals surface area (Å²) in [5.74, 6) is 1.87. The molecule has 206 valence electrons. The van der Waals surface area contributed by atoms with Gasteiger partial charge in [-0.2, -0.15) is 0 Å². The molecule has 0 saturated carbocycles. The summed E-state index contributed by atoms with van der Waals surface area (Å²) in [5, 5.41) is 20.7. The van der Waals surface area contributed by atoms with Crippen LogP contribution in [0.4, 0.5) is 5.69 Å². The molecular formula is C29H30N6O4S. The standard InChI is InChI=1S/C29H30N6O4S/c1-3-32-16-18-33(19-17-32)28(36)23-10-8-21(9-11-23)20-40-29-31-30-27(22-12-14-24(15-13-22)35(37)38)34(29)25-6-4-5-7-26(25)39-2/h4-15H,3,16-20H2,1-2H3. The van der Waals surface area contributed by atoms with E-state index in [9.17, 15) is 14.9 Å². The molecule has 2 heterocycles. The summed E-state index contributed by atoms with van der Waals surface area (Å²) in [6.45, 7) is 6.47. The van der Waals surface area contributed by atoms with Crippen LogP contribution in [0, 0.1) is 10.1 Å². The quantitative estimate of drug-likeness (QED) is 0.162. The van der Waals surface area contributed by atoms with Gasteiger partial charge in [0, 0.05) is 55.2 Å². The molecule has 1 aromatic heterocycles. The number of hydrogen-bond acceptors (Lipinski definition) is 8. The van der Waals surface area contributed by atoms with E-state index in [0.29, 0.717) is 33.6 Å². The van der Waals surface area contributed by atoms with Gasteiger partial charge in [-0.3, -0.25) is 19.5 Å². The van der Waals surface area contributed by atoms with Gasteiger partial charge in [-0.1, -0.05) is 43.0 Å². The molecule has 1 aliphatic heterocycles. The first-order valence-corrected chi connectivity index (χ1v) is 14.0. The highest BCUT2D eigenvalue weighted by atomic mass is 32.2. The number of hydrogen-bond donors (Lipinski definition) is 0. The number of nitro benzene ring substituents is 1. The van der Waals surface area contributed by atoms with Crippen LogP contribution in [-0.4, -0.2) is 75.2 Å². The van der Waals surface area contributed by atoms with Crippen LogP contribution in [0.15, 0.2) is 78.0 Å². The predicted octanol–water partition coefficient (Wildman–Crippen LogP) is 4.92. The van der Waals surface area contributed by atoms with Crippen LogP contribution in [0.25, 0.3) is 17.1 Å². The van der Waals surface area contributed by atoms with Crippen molar-refractivity contribution in [3.8, 4) is 22.8 Å². The molecule has 4 aromatic rings. The average molecular weight is 559 g/mol. The van der Waals surface area contributed by atoms with E-state index in [1.165, 1.54) is 23.9 Å². The van der Waals surface area contributed by atoms with Crippen LogP contribution in [0.5, 0.6) is 5.75 Å². The SMILES string of the molecule is CCN1CCN(C(=O)c2ccc(CSc3nnc(-c4ccc([N+](=O)[O-])cc4)n3-c3ccccc3OC)cc2)CC1. The summed E-state index contributed by atoms with van der Waals surface area (Å²) in [6, 6.07) is 21.5. The van der Waals surface area contributed by atoms with Gasteiger partial charge in [-0.05, 0) is 48.5 Å². The molecule has 10 nitrogen and oxygen atoms in total. The predicted molar refractivity (Wildman–Crippen MR) is 154 cm³/mol. The Morgan fingerprint density at radius 1 is 0.975 bits per heavy atom. The lowest BCUT2D eigenvalue weighted by Crippen LogP contribution is -2.48. The topological polar surface area (TPSA) is 107 Å². The molecule has 1 saturated heterocycles. The number of non-ortho nitro benzene ring substituents is 1. The maximum Gasteiger partial charge on any atom is 0.269 e. The normalized spacial score (nSPS) is 13.8. The van der Waals surface area contributed by atoms with Gasteiger partial charge in [-0.25, -0.2) is 0 Å². The molecule has 1 amide bonds. The molecule has 3 aromatic carbocycles. The maximum absolute atomic E-state index is 13.0. The van der Waals surface area contributed by atoms with Crippen molar-refractivity contribution in [1.82, 2.24) is 24.6 Å². The lowest BCUT2D eigenvalue weighted by atomic mass is 10.1. The van der Waals surface area contributed by atoms with E-state index in [2.05, 4.69) is 22.0 Å². The van der Waals surface area contributed by atoms with Crippen molar-refractivity contribution in [2.45, 2.75) is 17.8 Å². The number of nitrogens with zero attached hydrogens (tertiary/aromatic N) is 6. The number of aromatic nitrogens is 3. The molecule has 0 radical (unpaired) electrons. The zero-order valence-electron chi connectivity index (χ0n) is 22.4. The Morgan fingerprint density at radius 2 is 1.68 bits per heavy atom. The van der Waals surface area contributed by atoms with Gasteiger partial charge in [0.1, 0.15) is 5.75 Å². The molecule has 40 heavy (non-hydrogen) atoms. The molecule has 0 atom stereocenters. The minimum absolute atomic E-state index is 0.00635. The molecule has 0 bridgehead atoms. The number of carbonyl (C=O) groups is 1.